The third-order valence-electron chi connectivity index (χ3n) is 9.95. The Kier molecular flexibility index (Phi) is 9.31. The molecule has 3 aromatic carbocycles. The number of nitro groups is 1. The summed E-state index contributed by atoms with van der Waals surface area (Å²) in [5.74, 6) is -7.77. The first-order chi connectivity index (χ1) is 24.5. The molecule has 1 unspecified atom stereocenters. The third-order valence-corrected chi connectivity index (χ3v) is 9.95. The lowest BCUT2D eigenvalue weighted by atomic mass is 9.67. The molecule has 1 amide bonds. The summed E-state index contributed by atoms with van der Waals surface area (Å²) in [7, 11) is 0. The van der Waals surface area contributed by atoms with Gasteiger partial charge < -0.3 is 35.2 Å². The predicted octanol–water partition coefficient (Wildman–Crippen LogP) is 3.37. The van der Waals surface area contributed by atoms with E-state index in [2.05, 4.69) is 0 Å². The van der Waals surface area contributed by atoms with Crippen LogP contribution in [0.1, 0.15) is 85.4 Å². The highest BCUT2D eigenvalue weighted by molar-refractivity contribution is 6.30. The van der Waals surface area contributed by atoms with Crippen molar-refractivity contribution in [3.63, 3.8) is 0 Å². The molecule has 2 aliphatic carbocycles. The zero-order valence-corrected chi connectivity index (χ0v) is 27.2. The predicted molar refractivity (Wildman–Crippen MR) is 170 cm³/mol. The average molecular weight is 729 g/mol. The van der Waals surface area contributed by atoms with Crippen molar-refractivity contribution in [3.8, 4) is 11.5 Å². The Morgan fingerprint density at radius 1 is 1.04 bits per heavy atom. The number of benzene rings is 3. The zero-order valence-electron chi connectivity index (χ0n) is 27.2. The number of amides is 1. The number of alkyl halides is 3. The summed E-state index contributed by atoms with van der Waals surface area (Å²) in [6.07, 6.45) is -11.2. The first-order valence-corrected chi connectivity index (χ1v) is 16.1. The minimum Gasteiger partial charge on any atom is -0.507 e. The molecule has 274 valence electrons. The van der Waals surface area contributed by atoms with E-state index in [0.717, 1.165) is 24.3 Å². The zero-order chi connectivity index (χ0) is 37.9. The molecule has 0 radical (unpaired) electrons. The molecule has 3 aromatic rings. The molecular weight excluding hydrogens is 697 g/mol. The van der Waals surface area contributed by atoms with Crippen LogP contribution in [0, 0.1) is 10.1 Å². The number of rotatable bonds is 7. The van der Waals surface area contributed by atoms with Gasteiger partial charge in [-0.1, -0.05) is 31.2 Å². The second kappa shape index (κ2) is 13.3. The fourth-order valence-electron chi connectivity index (χ4n) is 7.33. The van der Waals surface area contributed by atoms with Gasteiger partial charge in [-0.3, -0.25) is 24.5 Å². The summed E-state index contributed by atoms with van der Waals surface area (Å²) in [4.78, 5) is 62.9. The van der Waals surface area contributed by atoms with E-state index in [4.69, 9.17) is 9.47 Å². The van der Waals surface area contributed by atoms with E-state index < -0.39 is 106 Å². The number of non-ortho nitro benzene ring substituents is 1. The highest BCUT2D eigenvalue weighted by atomic mass is 19.4. The second-order valence-corrected chi connectivity index (χ2v) is 13.0. The summed E-state index contributed by atoms with van der Waals surface area (Å²) in [6, 6.07) is 8.10. The monoisotopic (exact) mass is 728 g/mol. The first-order valence-electron chi connectivity index (χ1n) is 16.1. The number of ketones is 2. The number of aromatic hydroxyl groups is 2. The van der Waals surface area contributed by atoms with Crippen LogP contribution < -0.4 is 5.32 Å². The average Bonchev–Trinajstić information content (AvgIpc) is 3.11. The van der Waals surface area contributed by atoms with Gasteiger partial charge in [0.1, 0.15) is 17.6 Å². The summed E-state index contributed by atoms with van der Waals surface area (Å²) < 4.78 is 52.2. The van der Waals surface area contributed by atoms with E-state index in [9.17, 15) is 62.9 Å². The van der Waals surface area contributed by atoms with Gasteiger partial charge in [0.2, 0.25) is 0 Å². The van der Waals surface area contributed by atoms with Gasteiger partial charge in [0.15, 0.2) is 17.7 Å². The SMILES string of the molecule is CCC1(O)Cc2c(O)c3c(c(O)c2[C@@H]([C@H]2C[C@H](NC(=O)C(F)(F)F)[C@@H](OC(=O)c4ccc([N+](=O)[O-])cc4)[C@@H](CO)O2)C1)C(=O)c1ccccc1C3=O. The van der Waals surface area contributed by atoms with E-state index in [1.807, 2.05) is 0 Å². The molecule has 5 N–H and O–H groups in total. The number of phenols is 2. The van der Waals surface area contributed by atoms with Gasteiger partial charge in [-0.2, -0.15) is 13.2 Å². The number of hydrogen-bond acceptors (Lipinski definition) is 12. The molecule has 6 atom stereocenters. The Labute approximate surface area is 291 Å². The Hall–Kier alpha value is -5.39. The Morgan fingerprint density at radius 2 is 1.63 bits per heavy atom. The van der Waals surface area contributed by atoms with E-state index >= 15 is 0 Å². The number of ether oxygens (including phenoxy) is 2. The minimum atomic E-state index is -5.40. The van der Waals surface area contributed by atoms with Gasteiger partial charge in [-0.25, -0.2) is 4.79 Å². The van der Waals surface area contributed by atoms with E-state index in [1.165, 1.54) is 24.3 Å². The molecule has 17 heteroatoms. The van der Waals surface area contributed by atoms with Crippen LogP contribution in [0.25, 0.3) is 0 Å². The Morgan fingerprint density at radius 3 is 2.17 bits per heavy atom. The summed E-state index contributed by atoms with van der Waals surface area (Å²) in [6.45, 7) is 0.635. The van der Waals surface area contributed by atoms with Crippen LogP contribution in [0.15, 0.2) is 48.5 Å². The number of carbonyl (C=O) groups excluding carboxylic acids is 4. The van der Waals surface area contributed by atoms with Gasteiger partial charge in [-0.05, 0) is 31.4 Å². The van der Waals surface area contributed by atoms with Gasteiger partial charge in [-0.15, -0.1) is 0 Å². The van der Waals surface area contributed by atoms with Crippen LogP contribution in [-0.4, -0.2) is 91.5 Å². The molecule has 0 aromatic heterocycles. The molecule has 0 spiro atoms. The minimum absolute atomic E-state index is 0.0215. The number of aliphatic hydroxyl groups is 2. The number of hydrogen-bond donors (Lipinski definition) is 5. The number of esters is 1. The normalized spacial score (nSPS) is 25.4. The van der Waals surface area contributed by atoms with Crippen LogP contribution in [0.5, 0.6) is 11.5 Å². The van der Waals surface area contributed by atoms with Crippen molar-refractivity contribution in [2.75, 3.05) is 6.61 Å². The Bertz CT molecular complexity index is 2000. The molecule has 1 fully saturated rings. The second-order valence-electron chi connectivity index (χ2n) is 13.0. The van der Waals surface area contributed by atoms with Crippen molar-refractivity contribution in [1.82, 2.24) is 5.32 Å². The topological polar surface area (TPSA) is 223 Å². The van der Waals surface area contributed by atoms with Crippen molar-refractivity contribution in [2.24, 2.45) is 0 Å². The molecule has 0 saturated carbocycles. The van der Waals surface area contributed by atoms with Crippen molar-refractivity contribution in [2.45, 2.75) is 74.7 Å². The van der Waals surface area contributed by atoms with Crippen LogP contribution in [0.3, 0.4) is 0 Å². The molecule has 52 heavy (non-hydrogen) atoms. The van der Waals surface area contributed by atoms with E-state index in [1.54, 1.807) is 12.2 Å². The highest BCUT2D eigenvalue weighted by Crippen LogP contribution is 2.53. The number of nitrogens with one attached hydrogen (secondary N) is 1. The van der Waals surface area contributed by atoms with E-state index in [0.29, 0.717) is 0 Å². The molecule has 1 aliphatic heterocycles. The van der Waals surface area contributed by atoms with Crippen molar-refractivity contribution < 1.29 is 67.2 Å². The van der Waals surface area contributed by atoms with Crippen molar-refractivity contribution in [1.29, 1.82) is 0 Å². The van der Waals surface area contributed by atoms with Crippen LogP contribution >= 0.6 is 0 Å². The van der Waals surface area contributed by atoms with Gasteiger partial charge >= 0.3 is 18.1 Å². The lowest BCUT2D eigenvalue weighted by Crippen LogP contribution is -2.61. The molecule has 14 nitrogen and oxygen atoms in total. The lowest BCUT2D eigenvalue weighted by molar-refractivity contribution is -0.384. The largest absolute Gasteiger partial charge is 0.507 e. The lowest BCUT2D eigenvalue weighted by Gasteiger charge is -2.47. The van der Waals surface area contributed by atoms with Crippen LogP contribution in [0.2, 0.25) is 0 Å². The molecule has 1 heterocycles. The fourth-order valence-corrected chi connectivity index (χ4v) is 7.33. The maximum atomic E-state index is 13.7. The smallest absolute Gasteiger partial charge is 0.471 e. The molecule has 3 aliphatic rings. The molecule has 6 rings (SSSR count). The maximum Gasteiger partial charge on any atom is 0.471 e. The summed E-state index contributed by atoms with van der Waals surface area (Å²) in [5.41, 5.74) is -3.55. The highest BCUT2D eigenvalue weighted by Gasteiger charge is 2.52. The number of halogens is 3. The van der Waals surface area contributed by atoms with Crippen LogP contribution in [-0.2, 0) is 20.7 Å². The molecular formula is C35H31F3N2O12. The molecule has 1 saturated heterocycles. The van der Waals surface area contributed by atoms with Gasteiger partial charge in [0.25, 0.3) is 5.69 Å². The number of nitro benzene ring substituents is 1. The number of fused-ring (bicyclic) bond motifs is 3. The summed E-state index contributed by atoms with van der Waals surface area (Å²) >= 11 is 0. The Balaban J connectivity index is 1.43. The number of phenolic OH excluding ortho intramolecular Hbond substituents is 2. The van der Waals surface area contributed by atoms with Gasteiger partial charge in [0.05, 0.1) is 46.0 Å². The fraction of sp³-hybridized carbons (Fsp3) is 0.371. The quantitative estimate of drug-likeness (QED) is 0.0800. The van der Waals surface area contributed by atoms with Crippen molar-refractivity contribution in [3.05, 3.63) is 97.6 Å². The van der Waals surface area contributed by atoms with E-state index in [-0.39, 0.29) is 52.8 Å². The number of carbonyl (C=O) groups is 4. The third kappa shape index (κ3) is 6.24. The number of nitrogens with zero attached hydrogens (tertiary/aromatic N) is 1. The standard InChI is InChI=1S/C35H31F3N2O12/c1-2-34(48)12-19(24-20(13-34)29(44)25-26(30(24)45)28(43)18-6-4-3-5-17(18)27(25)42)22-11-21(39-33(47)35(36,37)38)31(23(14-41)51-22)52-32(46)15-7-9-16(10-8-15)40(49)50/h3-10,19,21-23,31,41,44-45,48H,2,11-14H2,1H3,(H,39,47)/t19-,21+,22-,23-,31-,34?/m1/s1. The van der Waals surface area contributed by atoms with Crippen LogP contribution in [0.4, 0.5) is 18.9 Å². The first kappa shape index (κ1) is 36.4. The molecule has 0 bridgehead atoms. The number of aliphatic hydroxyl groups excluding tert-OH is 1. The van der Waals surface area contributed by atoms with Gasteiger partial charge in [0, 0.05) is 46.7 Å². The van der Waals surface area contributed by atoms with Crippen molar-refractivity contribution >= 4 is 29.1 Å². The maximum absolute atomic E-state index is 13.7. The summed E-state index contributed by atoms with van der Waals surface area (Å²) in [5, 5.41) is 58.2.